The number of aliphatic hydroxyl groups excluding tert-OH is 1. The molecule has 3 saturated heterocycles. The maximum absolute atomic E-state index is 14.8. The van der Waals surface area contributed by atoms with Crippen LogP contribution in [0.2, 0.25) is 0 Å². The van der Waals surface area contributed by atoms with Crippen molar-refractivity contribution in [3.63, 3.8) is 0 Å². The van der Waals surface area contributed by atoms with Crippen LogP contribution in [0, 0.1) is 32.8 Å². The molecule has 2 saturated carbocycles. The van der Waals surface area contributed by atoms with Crippen LogP contribution in [-0.4, -0.2) is 109 Å². The van der Waals surface area contributed by atoms with Crippen LogP contribution in [0.3, 0.4) is 0 Å². The molecule has 7 aliphatic rings. The summed E-state index contributed by atoms with van der Waals surface area (Å²) in [7, 11) is -4.72. The standard InChI is InChI=1S/C55H63N9O9S/c1-54(2,32-56)41-7-4-3-6-39(41)43-8-5-20-62(43)36-28-55(29-36)17-21-61(22-18-55)35-11-14-40(44(25-35)63-46-24-34-15-19-57-51(34)59-53(46)73-48-16-23-71-31-47(48)63)52(66)60-74(69,70)38-26-45(64(67)68)50-49(27-38)72-30-42(58-50)33-9-12-37(65)13-10-33/h3-4,6-7,11,14-15,19,24-27,33,36-37,42-43,47-48,58,65H,5,8-10,12-13,16-18,20-23,28-31H2,1-2H3,(H,57,59)(H,60,66)/t33?,37?,42-,43+,47-,48-/m1/s1. The molecule has 1 amide bonds. The van der Waals surface area contributed by atoms with E-state index in [-0.39, 0.29) is 59.8 Å². The van der Waals surface area contributed by atoms with Crippen molar-refractivity contribution >= 4 is 55.4 Å². The number of aromatic amines is 1. The number of fused-ring (bicyclic) bond motifs is 4. The summed E-state index contributed by atoms with van der Waals surface area (Å²) >= 11 is 0. The maximum Gasteiger partial charge on any atom is 0.297 e. The third-order valence-electron chi connectivity index (χ3n) is 17.5. The molecule has 74 heavy (non-hydrogen) atoms. The van der Waals surface area contributed by atoms with Crippen LogP contribution in [0.1, 0.15) is 112 Å². The number of nitro benzene ring substituents is 1. The molecule has 2 aromatic heterocycles. The zero-order valence-corrected chi connectivity index (χ0v) is 42.6. The van der Waals surface area contributed by atoms with Crippen LogP contribution < -0.4 is 29.3 Å². The highest BCUT2D eigenvalue weighted by Gasteiger charge is 2.51. The number of aromatic nitrogens is 2. The van der Waals surface area contributed by atoms with Gasteiger partial charge in [0.1, 0.15) is 24.0 Å². The van der Waals surface area contributed by atoms with Gasteiger partial charge in [0.05, 0.1) is 64.0 Å². The smallest absolute Gasteiger partial charge is 0.297 e. The first-order chi connectivity index (χ1) is 35.7. The lowest BCUT2D eigenvalue weighted by atomic mass is 9.59. The summed E-state index contributed by atoms with van der Waals surface area (Å²) in [6, 6.07) is 22.7. The van der Waals surface area contributed by atoms with Crippen LogP contribution in [0.25, 0.3) is 11.0 Å². The van der Waals surface area contributed by atoms with Crippen LogP contribution >= 0.6 is 0 Å². The Morgan fingerprint density at radius 2 is 1.78 bits per heavy atom. The van der Waals surface area contributed by atoms with E-state index in [0.717, 1.165) is 93.7 Å². The SMILES string of the molecule is CC(C)(C#N)c1ccccc1[C@@H]1CCCN1C1CC2(CCN(c3ccc(C(=O)NS(=O)(=O)c4cc5c(c([N+](=O)[O-])c4)N[C@@H](C4CCC(O)CC4)CO5)c(N4c5cc6cc[nH]c6nc5O[C@@H]5CCOC[C@H]54)c3)CC2)C1. The van der Waals surface area contributed by atoms with E-state index < -0.39 is 42.9 Å². The summed E-state index contributed by atoms with van der Waals surface area (Å²) in [6.45, 7) is 7.58. The van der Waals surface area contributed by atoms with Gasteiger partial charge in [-0.1, -0.05) is 24.3 Å². The van der Waals surface area contributed by atoms with E-state index in [0.29, 0.717) is 60.9 Å². The number of aliphatic hydroxyl groups is 1. The fourth-order valence-corrected chi connectivity index (χ4v) is 14.4. The quantitative estimate of drug-likeness (QED) is 0.0761. The van der Waals surface area contributed by atoms with Gasteiger partial charge in [-0.15, -0.1) is 0 Å². The molecule has 4 atom stereocenters. The Morgan fingerprint density at radius 1 is 0.986 bits per heavy atom. The van der Waals surface area contributed by atoms with Crippen molar-refractivity contribution in [1.29, 1.82) is 5.26 Å². The summed E-state index contributed by atoms with van der Waals surface area (Å²) < 4.78 is 49.7. The van der Waals surface area contributed by atoms with E-state index in [4.69, 9.17) is 19.2 Å². The molecule has 3 aromatic carbocycles. The number of nitro groups is 1. The summed E-state index contributed by atoms with van der Waals surface area (Å²) in [5.74, 6) is -0.421. The third-order valence-corrected chi connectivity index (χ3v) is 18.8. The van der Waals surface area contributed by atoms with Gasteiger partial charge in [-0.2, -0.15) is 10.2 Å². The number of piperidine rings is 1. The first-order valence-electron chi connectivity index (χ1n) is 26.3. The minimum Gasteiger partial charge on any atom is -0.489 e. The minimum absolute atomic E-state index is 0.00359. The number of carbonyl (C=O) groups excluding carboxylic acids is 1. The molecule has 0 radical (unpaired) electrons. The Hall–Kier alpha value is -6.46. The Kier molecular flexibility index (Phi) is 12.3. The number of ether oxygens (including phenoxy) is 3. The molecule has 18 nitrogen and oxygen atoms in total. The van der Waals surface area contributed by atoms with Crippen LogP contribution in [-0.2, 0) is 20.2 Å². The number of nitrogens with zero attached hydrogens (tertiary/aromatic N) is 6. The van der Waals surface area contributed by atoms with E-state index in [2.05, 4.69) is 49.1 Å². The molecule has 388 valence electrons. The Morgan fingerprint density at radius 3 is 2.57 bits per heavy atom. The predicted octanol–water partition coefficient (Wildman–Crippen LogP) is 8.39. The van der Waals surface area contributed by atoms with Crippen molar-refractivity contribution in [2.45, 2.75) is 131 Å². The first kappa shape index (κ1) is 48.5. The third kappa shape index (κ3) is 8.66. The summed E-state index contributed by atoms with van der Waals surface area (Å²) in [5.41, 5.74) is 4.29. The van der Waals surface area contributed by atoms with Gasteiger partial charge in [-0.05, 0) is 137 Å². The molecule has 5 fully saturated rings. The molecule has 0 unspecified atom stereocenters. The van der Waals surface area contributed by atoms with Crippen LogP contribution in [0.5, 0.6) is 11.6 Å². The Bertz CT molecular complexity index is 3170. The van der Waals surface area contributed by atoms with Crippen molar-refractivity contribution in [2.75, 3.05) is 54.6 Å². The van der Waals surface area contributed by atoms with Crippen molar-refractivity contribution < 1.29 is 37.5 Å². The van der Waals surface area contributed by atoms with E-state index in [1.165, 1.54) is 11.6 Å². The van der Waals surface area contributed by atoms with Gasteiger partial charge in [0.2, 0.25) is 5.88 Å². The molecule has 2 aliphatic carbocycles. The number of pyridine rings is 1. The maximum atomic E-state index is 14.8. The second-order valence-electron chi connectivity index (χ2n) is 22.3. The fourth-order valence-electron chi connectivity index (χ4n) is 13.4. The van der Waals surface area contributed by atoms with Gasteiger partial charge < -0.3 is 39.4 Å². The number of nitriles is 1. The number of hydrogen-bond donors (Lipinski definition) is 4. The number of anilines is 4. The van der Waals surface area contributed by atoms with Crippen molar-refractivity contribution in [3.8, 4) is 17.7 Å². The van der Waals surface area contributed by atoms with Gasteiger partial charge in [-0.25, -0.2) is 13.1 Å². The average molecular weight is 1030 g/mol. The predicted molar refractivity (Wildman–Crippen MR) is 278 cm³/mol. The fraction of sp³-hybridized carbons (Fsp3) is 0.509. The molecular formula is C55H63N9O9S. The van der Waals surface area contributed by atoms with Gasteiger partial charge in [0.25, 0.3) is 21.6 Å². The van der Waals surface area contributed by atoms with Gasteiger partial charge in [-0.3, -0.25) is 19.8 Å². The molecular weight excluding hydrogens is 963 g/mol. The molecule has 5 aliphatic heterocycles. The van der Waals surface area contributed by atoms with Crippen molar-refractivity contribution in [2.24, 2.45) is 11.3 Å². The van der Waals surface area contributed by atoms with Crippen LogP contribution in [0.15, 0.2) is 77.8 Å². The van der Waals surface area contributed by atoms with Crippen molar-refractivity contribution in [3.05, 3.63) is 99.7 Å². The summed E-state index contributed by atoms with van der Waals surface area (Å²) in [4.78, 5) is 41.4. The number of amides is 1. The number of nitrogens with one attached hydrogen (secondary N) is 3. The summed E-state index contributed by atoms with van der Waals surface area (Å²) in [5, 5.41) is 36.8. The highest BCUT2D eigenvalue weighted by atomic mass is 32.2. The lowest BCUT2D eigenvalue weighted by molar-refractivity contribution is -0.384. The lowest BCUT2D eigenvalue weighted by Gasteiger charge is -2.56. The highest BCUT2D eigenvalue weighted by molar-refractivity contribution is 7.90. The number of likely N-dealkylation sites (tertiary alicyclic amines) is 1. The number of H-pyrrole nitrogens is 1. The molecule has 7 heterocycles. The van der Waals surface area contributed by atoms with Crippen LogP contribution in [0.4, 0.5) is 28.4 Å². The second-order valence-corrected chi connectivity index (χ2v) is 24.0. The topological polar surface area (TPSA) is 229 Å². The molecule has 19 heteroatoms. The molecule has 1 spiro atoms. The monoisotopic (exact) mass is 1030 g/mol. The Labute approximate surface area is 430 Å². The number of sulfonamides is 1. The molecule has 4 N–H and O–H groups in total. The normalized spacial score (nSPS) is 25.9. The van der Waals surface area contributed by atoms with E-state index in [1.807, 2.05) is 49.1 Å². The highest BCUT2D eigenvalue weighted by Crippen LogP contribution is 2.55. The minimum atomic E-state index is -4.72. The second kappa shape index (κ2) is 18.7. The lowest BCUT2D eigenvalue weighted by Crippen LogP contribution is -2.55. The van der Waals surface area contributed by atoms with Gasteiger partial charge in [0.15, 0.2) is 11.4 Å². The molecule has 0 bridgehead atoms. The van der Waals surface area contributed by atoms with Gasteiger partial charge in [0, 0.05) is 61.0 Å². The number of benzene rings is 3. The average Bonchev–Trinajstić information content (AvgIpc) is 4.08. The molecule has 12 rings (SSSR count). The molecule has 5 aromatic rings. The van der Waals surface area contributed by atoms with Gasteiger partial charge >= 0.3 is 0 Å². The largest absolute Gasteiger partial charge is 0.489 e. The zero-order chi connectivity index (χ0) is 51.1. The number of carbonyl (C=O) groups is 1. The summed E-state index contributed by atoms with van der Waals surface area (Å²) in [6.07, 6.45) is 10.8. The number of rotatable bonds is 10. The zero-order valence-electron chi connectivity index (χ0n) is 41.8. The van der Waals surface area contributed by atoms with E-state index in [9.17, 15) is 33.7 Å². The Balaban J connectivity index is 0.829. The number of hydrogen-bond acceptors (Lipinski definition) is 15. The first-order valence-corrected chi connectivity index (χ1v) is 27.8. The van der Waals surface area contributed by atoms with E-state index >= 15 is 0 Å². The van der Waals surface area contributed by atoms with Crippen molar-refractivity contribution in [1.82, 2.24) is 19.6 Å². The van der Waals surface area contributed by atoms with E-state index in [1.54, 1.807) is 12.3 Å².